The molecule has 3 aliphatic carbocycles. The van der Waals surface area contributed by atoms with Crippen LogP contribution in [-0.4, -0.2) is 10.9 Å². The number of nitro benzene ring substituents is 1. The Balaban J connectivity index is 1.41. The van der Waals surface area contributed by atoms with E-state index in [9.17, 15) is 14.9 Å². The number of hydrogen-bond acceptors (Lipinski definition) is 4. The summed E-state index contributed by atoms with van der Waals surface area (Å²) in [5.74, 6) is 1.37. The van der Waals surface area contributed by atoms with Gasteiger partial charge in [0.05, 0.1) is 10.5 Å². The zero-order chi connectivity index (χ0) is 25.4. The van der Waals surface area contributed by atoms with E-state index in [0.29, 0.717) is 23.2 Å². The highest BCUT2D eigenvalue weighted by molar-refractivity contribution is 5.91. The molecule has 0 heterocycles. The first-order valence-corrected chi connectivity index (χ1v) is 13.1. The summed E-state index contributed by atoms with van der Waals surface area (Å²) in [4.78, 5) is 23.8. The van der Waals surface area contributed by atoms with Crippen molar-refractivity contribution in [2.24, 2.45) is 11.8 Å². The summed E-state index contributed by atoms with van der Waals surface area (Å²) < 4.78 is 6.08. The van der Waals surface area contributed by atoms with E-state index in [4.69, 9.17) is 4.74 Å². The minimum Gasteiger partial charge on any atom is -0.423 e. The summed E-state index contributed by atoms with van der Waals surface area (Å²) in [7, 11) is 0. The maximum Gasteiger partial charge on any atom is 0.343 e. The van der Waals surface area contributed by atoms with Gasteiger partial charge in [0.1, 0.15) is 5.76 Å². The third-order valence-electron chi connectivity index (χ3n) is 8.50. The van der Waals surface area contributed by atoms with Crippen molar-refractivity contribution in [2.45, 2.75) is 43.9 Å². The Labute approximate surface area is 216 Å². The van der Waals surface area contributed by atoms with Gasteiger partial charge in [-0.25, -0.2) is 4.79 Å². The normalized spacial score (nSPS) is 24.6. The van der Waals surface area contributed by atoms with Crippen LogP contribution in [0.4, 0.5) is 5.69 Å². The fourth-order valence-electron chi connectivity index (χ4n) is 6.85. The molecule has 0 bridgehead atoms. The van der Waals surface area contributed by atoms with Crippen molar-refractivity contribution in [3.63, 3.8) is 0 Å². The van der Waals surface area contributed by atoms with Gasteiger partial charge in [-0.1, -0.05) is 79.1 Å². The van der Waals surface area contributed by atoms with E-state index in [-0.39, 0.29) is 11.1 Å². The van der Waals surface area contributed by atoms with Gasteiger partial charge >= 0.3 is 5.97 Å². The Kier molecular flexibility index (Phi) is 5.99. The van der Waals surface area contributed by atoms with Crippen LogP contribution in [0.1, 0.15) is 60.0 Å². The molecule has 3 aromatic rings. The Morgan fingerprint density at radius 1 is 0.838 bits per heavy atom. The molecule has 3 aromatic carbocycles. The monoisotopic (exact) mass is 491 g/mol. The number of nitro groups is 1. The molecule has 5 heteroatoms. The maximum absolute atomic E-state index is 13.2. The van der Waals surface area contributed by atoms with Crippen LogP contribution in [0.2, 0.25) is 0 Å². The highest BCUT2D eigenvalue weighted by Gasteiger charge is 2.66. The molecular formula is C32H29NO4. The van der Waals surface area contributed by atoms with Gasteiger partial charge in [-0.3, -0.25) is 10.1 Å². The summed E-state index contributed by atoms with van der Waals surface area (Å²) in [5, 5.41) is 11.0. The Morgan fingerprint density at radius 2 is 1.46 bits per heavy atom. The van der Waals surface area contributed by atoms with Gasteiger partial charge in [-0.15, -0.1) is 0 Å². The smallest absolute Gasteiger partial charge is 0.343 e. The van der Waals surface area contributed by atoms with E-state index in [0.717, 1.165) is 24.0 Å². The molecule has 0 saturated heterocycles. The van der Waals surface area contributed by atoms with Gasteiger partial charge < -0.3 is 4.74 Å². The van der Waals surface area contributed by atoms with E-state index in [1.54, 1.807) is 0 Å². The Morgan fingerprint density at radius 3 is 2.08 bits per heavy atom. The van der Waals surface area contributed by atoms with Crippen molar-refractivity contribution in [1.82, 2.24) is 0 Å². The second-order valence-corrected chi connectivity index (χ2v) is 10.3. The first-order chi connectivity index (χ1) is 18.1. The fraction of sp³-hybridized carbons (Fsp3) is 0.281. The molecule has 1 unspecified atom stereocenters. The molecule has 3 atom stereocenters. The van der Waals surface area contributed by atoms with Crippen LogP contribution in [0.25, 0.3) is 5.57 Å². The summed E-state index contributed by atoms with van der Waals surface area (Å²) in [6.45, 7) is 0. The number of rotatable bonds is 6. The molecule has 2 fully saturated rings. The summed E-state index contributed by atoms with van der Waals surface area (Å²) in [6.07, 6.45) is 8.90. The molecule has 0 amide bonds. The Hall–Kier alpha value is -3.99. The number of nitrogens with zero attached hydrogens (tertiary/aromatic N) is 1. The second kappa shape index (κ2) is 9.47. The van der Waals surface area contributed by atoms with E-state index < -0.39 is 10.9 Å². The van der Waals surface area contributed by atoms with Crippen LogP contribution in [0, 0.1) is 22.0 Å². The van der Waals surface area contributed by atoms with Gasteiger partial charge in [0, 0.05) is 23.1 Å². The third-order valence-corrected chi connectivity index (χ3v) is 8.50. The minimum absolute atomic E-state index is 0.0188. The molecule has 37 heavy (non-hydrogen) atoms. The van der Waals surface area contributed by atoms with E-state index in [1.807, 2.05) is 18.2 Å². The van der Waals surface area contributed by atoms with Crippen LogP contribution in [0.3, 0.4) is 0 Å². The molecule has 5 nitrogen and oxygen atoms in total. The second-order valence-electron chi connectivity index (χ2n) is 10.3. The average Bonchev–Trinajstić information content (AvgIpc) is 3.64. The topological polar surface area (TPSA) is 69.4 Å². The fourth-order valence-corrected chi connectivity index (χ4v) is 6.85. The lowest BCUT2D eigenvalue weighted by atomic mass is 9.77. The van der Waals surface area contributed by atoms with Crippen molar-refractivity contribution < 1.29 is 14.5 Å². The summed E-state index contributed by atoms with van der Waals surface area (Å²) >= 11 is 0. The maximum atomic E-state index is 13.2. The van der Waals surface area contributed by atoms with Crippen molar-refractivity contribution in [2.75, 3.05) is 0 Å². The SMILES string of the molecule is O=C(OC1=C(c2ccccc2)CCC(C2(c3ccccc3)[C@@H]3CCCC[C@@H]32)=C1)c1ccc([N+](=O)[O-])cc1. The van der Waals surface area contributed by atoms with Gasteiger partial charge in [-0.05, 0) is 66.9 Å². The lowest BCUT2D eigenvalue weighted by Gasteiger charge is -2.28. The molecular weight excluding hydrogens is 462 g/mol. The van der Waals surface area contributed by atoms with Crippen LogP contribution in [-0.2, 0) is 10.2 Å². The predicted molar refractivity (Wildman–Crippen MR) is 143 cm³/mol. The molecule has 0 N–H and O–H groups in total. The first-order valence-electron chi connectivity index (χ1n) is 13.1. The molecule has 0 radical (unpaired) electrons. The minimum atomic E-state index is -0.502. The molecule has 0 spiro atoms. The third kappa shape index (κ3) is 4.08. The lowest BCUT2D eigenvalue weighted by Crippen LogP contribution is -2.19. The number of allylic oxidation sites excluding steroid dienone is 3. The highest BCUT2D eigenvalue weighted by Crippen LogP contribution is 2.70. The lowest BCUT2D eigenvalue weighted by molar-refractivity contribution is -0.384. The van der Waals surface area contributed by atoms with Crippen molar-refractivity contribution >= 4 is 17.2 Å². The molecule has 0 aliphatic heterocycles. The number of non-ortho nitro benzene ring substituents is 1. The van der Waals surface area contributed by atoms with E-state index in [1.165, 1.54) is 61.1 Å². The van der Waals surface area contributed by atoms with Crippen LogP contribution in [0.15, 0.2) is 102 Å². The summed E-state index contributed by atoms with van der Waals surface area (Å²) in [6, 6.07) is 26.5. The summed E-state index contributed by atoms with van der Waals surface area (Å²) in [5.41, 5.74) is 5.07. The number of hydrogen-bond donors (Lipinski definition) is 0. The predicted octanol–water partition coefficient (Wildman–Crippen LogP) is 7.64. The van der Waals surface area contributed by atoms with Crippen LogP contribution in [0.5, 0.6) is 0 Å². The molecule has 3 aliphatic rings. The number of carbonyl (C=O) groups is 1. The van der Waals surface area contributed by atoms with Crippen molar-refractivity contribution in [3.05, 3.63) is 129 Å². The number of fused-ring (bicyclic) bond motifs is 1. The van der Waals surface area contributed by atoms with Crippen LogP contribution < -0.4 is 0 Å². The van der Waals surface area contributed by atoms with Gasteiger partial charge in [-0.2, -0.15) is 0 Å². The van der Waals surface area contributed by atoms with Crippen LogP contribution >= 0.6 is 0 Å². The number of ether oxygens (including phenoxy) is 1. The molecule has 6 rings (SSSR count). The molecule has 186 valence electrons. The van der Waals surface area contributed by atoms with Crippen molar-refractivity contribution in [1.29, 1.82) is 0 Å². The van der Waals surface area contributed by atoms with Gasteiger partial charge in [0.2, 0.25) is 0 Å². The van der Waals surface area contributed by atoms with E-state index >= 15 is 0 Å². The number of benzene rings is 3. The zero-order valence-electron chi connectivity index (χ0n) is 20.6. The number of esters is 1. The average molecular weight is 492 g/mol. The highest BCUT2D eigenvalue weighted by atomic mass is 16.6. The largest absolute Gasteiger partial charge is 0.423 e. The van der Waals surface area contributed by atoms with E-state index in [2.05, 4.69) is 48.5 Å². The first kappa shape index (κ1) is 23.4. The van der Waals surface area contributed by atoms with Gasteiger partial charge in [0.15, 0.2) is 0 Å². The standard InChI is InChI=1S/C32H29NO4/c34-31(23-15-18-26(19-16-23)33(35)36)37-30-21-25(17-20-27(30)22-9-3-1-4-10-22)32(24-11-5-2-6-12-24)28-13-7-8-14-29(28)32/h1-6,9-12,15-16,18-19,21,28-29H,7-8,13-14,17,20H2/t28-,29+,32?. The van der Waals surface area contributed by atoms with Gasteiger partial charge in [0.25, 0.3) is 5.69 Å². The Bertz CT molecular complexity index is 1380. The zero-order valence-corrected chi connectivity index (χ0v) is 20.6. The number of carbonyl (C=O) groups excluding carboxylic acids is 1. The van der Waals surface area contributed by atoms with Crippen molar-refractivity contribution in [3.8, 4) is 0 Å². The molecule has 2 saturated carbocycles. The molecule has 0 aromatic heterocycles. The quantitative estimate of drug-likeness (QED) is 0.202.